The fraction of sp³-hybridized carbons (Fsp3) is 0. The molecule has 0 atom stereocenters. The molecule has 2 N–H and O–H groups in total. The Hall–Kier alpha value is -2.66. The van der Waals surface area contributed by atoms with Gasteiger partial charge in [0.15, 0.2) is 11.5 Å². The van der Waals surface area contributed by atoms with Crippen LogP contribution in [0.1, 0.15) is 0 Å². The lowest BCUT2D eigenvalue weighted by atomic mass is 10.1. The number of nitroso groups, excluding NO2 is 1. The summed E-state index contributed by atoms with van der Waals surface area (Å²) in [5.74, 6) is 0.390. The van der Waals surface area contributed by atoms with Crippen LogP contribution in [0.25, 0.3) is 11.3 Å². The van der Waals surface area contributed by atoms with E-state index in [1.807, 2.05) is 30.3 Å². The van der Waals surface area contributed by atoms with E-state index in [9.17, 15) is 4.91 Å². The molecule has 3 rings (SSSR count). The minimum Gasteiger partial charge on any atom is -0.337 e. The van der Waals surface area contributed by atoms with Crippen LogP contribution in [0.3, 0.4) is 0 Å². The molecule has 0 bridgehead atoms. The van der Waals surface area contributed by atoms with Crippen molar-refractivity contribution in [1.82, 2.24) is 10.2 Å². The van der Waals surface area contributed by atoms with Gasteiger partial charge in [-0.2, -0.15) is 5.10 Å². The summed E-state index contributed by atoms with van der Waals surface area (Å²) in [5, 5.41) is 13.7. The third-order valence-electron chi connectivity index (χ3n) is 3.00. The average molecular weight is 299 g/mol. The van der Waals surface area contributed by atoms with Crippen molar-refractivity contribution in [3.8, 4) is 11.3 Å². The maximum atomic E-state index is 11.2. The molecule has 104 valence electrons. The van der Waals surface area contributed by atoms with E-state index in [4.69, 9.17) is 11.6 Å². The van der Waals surface area contributed by atoms with Crippen LogP contribution in [-0.2, 0) is 0 Å². The predicted molar refractivity (Wildman–Crippen MR) is 84.2 cm³/mol. The average Bonchev–Trinajstić information content (AvgIpc) is 2.92. The standard InChI is InChI=1S/C15H11ClN4O/c16-11-8-6-10(7-9-11)13-14(20-21)15(19-18-13)17-12-4-2-1-3-5-12/h1-9H,(H2,17,18,19). The molecule has 0 unspecified atom stereocenters. The van der Waals surface area contributed by atoms with Crippen LogP contribution in [0.2, 0.25) is 5.02 Å². The number of benzene rings is 2. The summed E-state index contributed by atoms with van der Waals surface area (Å²) >= 11 is 5.86. The van der Waals surface area contributed by atoms with Crippen LogP contribution in [0.5, 0.6) is 0 Å². The van der Waals surface area contributed by atoms with E-state index in [0.717, 1.165) is 11.3 Å². The normalized spacial score (nSPS) is 10.3. The lowest BCUT2D eigenvalue weighted by molar-refractivity contribution is 1.10. The van der Waals surface area contributed by atoms with Crippen molar-refractivity contribution in [1.29, 1.82) is 0 Å². The fourth-order valence-electron chi connectivity index (χ4n) is 1.99. The number of nitrogens with one attached hydrogen (secondary N) is 2. The molecule has 0 amide bonds. The van der Waals surface area contributed by atoms with Crippen LogP contribution in [0.4, 0.5) is 17.2 Å². The Kier molecular flexibility index (Phi) is 3.66. The second kappa shape index (κ2) is 5.76. The van der Waals surface area contributed by atoms with E-state index >= 15 is 0 Å². The highest BCUT2D eigenvalue weighted by Crippen LogP contribution is 2.36. The van der Waals surface area contributed by atoms with Crippen molar-refractivity contribution in [3.63, 3.8) is 0 Å². The van der Waals surface area contributed by atoms with Gasteiger partial charge >= 0.3 is 0 Å². The summed E-state index contributed by atoms with van der Waals surface area (Å²) in [5.41, 5.74) is 2.42. The third-order valence-corrected chi connectivity index (χ3v) is 3.25. The molecule has 6 heteroatoms. The summed E-state index contributed by atoms with van der Waals surface area (Å²) in [6.45, 7) is 0. The molecule has 0 radical (unpaired) electrons. The predicted octanol–water partition coefficient (Wildman–Crippen LogP) is 4.87. The number of anilines is 2. The van der Waals surface area contributed by atoms with Gasteiger partial charge in [-0.15, -0.1) is 4.91 Å². The SMILES string of the molecule is O=Nc1c(Nc2ccccc2)n[nH]c1-c1ccc(Cl)cc1. The molecule has 5 nitrogen and oxygen atoms in total. The number of hydrogen-bond donors (Lipinski definition) is 2. The van der Waals surface area contributed by atoms with E-state index in [2.05, 4.69) is 20.7 Å². The van der Waals surface area contributed by atoms with Gasteiger partial charge in [-0.05, 0) is 29.4 Å². The molecule has 1 aromatic heterocycles. The largest absolute Gasteiger partial charge is 0.337 e. The maximum Gasteiger partial charge on any atom is 0.182 e. The molecule has 0 aliphatic heterocycles. The number of nitrogens with zero attached hydrogens (tertiary/aromatic N) is 2. The van der Waals surface area contributed by atoms with Crippen molar-refractivity contribution >= 4 is 28.8 Å². The monoisotopic (exact) mass is 298 g/mol. The summed E-state index contributed by atoms with van der Waals surface area (Å²) in [6, 6.07) is 16.6. The first-order valence-electron chi connectivity index (χ1n) is 6.27. The maximum absolute atomic E-state index is 11.2. The molecule has 21 heavy (non-hydrogen) atoms. The first-order valence-corrected chi connectivity index (χ1v) is 6.65. The van der Waals surface area contributed by atoms with Gasteiger partial charge in [-0.25, -0.2) is 0 Å². The van der Waals surface area contributed by atoms with Crippen molar-refractivity contribution in [3.05, 3.63) is 64.5 Å². The molecule has 0 fully saturated rings. The molecular weight excluding hydrogens is 288 g/mol. The Bertz CT molecular complexity index is 753. The Labute approximate surface area is 125 Å². The molecule has 0 aliphatic rings. The van der Waals surface area contributed by atoms with Gasteiger partial charge in [-0.3, -0.25) is 5.10 Å². The zero-order valence-electron chi connectivity index (χ0n) is 10.9. The molecule has 0 saturated heterocycles. The van der Waals surface area contributed by atoms with Gasteiger partial charge in [-0.1, -0.05) is 41.9 Å². The Morgan fingerprint density at radius 2 is 1.76 bits per heavy atom. The first kappa shape index (κ1) is 13.3. The second-order valence-electron chi connectivity index (χ2n) is 4.39. The molecule has 0 spiro atoms. The van der Waals surface area contributed by atoms with E-state index in [1.54, 1.807) is 24.3 Å². The van der Waals surface area contributed by atoms with Crippen LogP contribution in [0, 0.1) is 4.91 Å². The quantitative estimate of drug-likeness (QED) is 0.675. The zero-order chi connectivity index (χ0) is 14.7. The Morgan fingerprint density at radius 1 is 1.05 bits per heavy atom. The summed E-state index contributed by atoms with van der Waals surface area (Å²) in [4.78, 5) is 11.2. The van der Waals surface area contributed by atoms with Crippen molar-refractivity contribution in [2.24, 2.45) is 5.18 Å². The van der Waals surface area contributed by atoms with E-state index in [0.29, 0.717) is 16.5 Å². The fourth-order valence-corrected chi connectivity index (χ4v) is 2.11. The molecule has 0 saturated carbocycles. The van der Waals surface area contributed by atoms with Crippen molar-refractivity contribution in [2.45, 2.75) is 0 Å². The smallest absolute Gasteiger partial charge is 0.182 e. The summed E-state index contributed by atoms with van der Waals surface area (Å²) < 4.78 is 0. The van der Waals surface area contributed by atoms with E-state index in [-0.39, 0.29) is 5.69 Å². The number of rotatable bonds is 4. The molecule has 2 aromatic carbocycles. The van der Waals surface area contributed by atoms with Crippen LogP contribution >= 0.6 is 11.6 Å². The minimum atomic E-state index is 0.237. The first-order chi connectivity index (χ1) is 10.3. The van der Waals surface area contributed by atoms with Gasteiger partial charge in [0.1, 0.15) is 0 Å². The molecule has 1 heterocycles. The second-order valence-corrected chi connectivity index (χ2v) is 4.82. The lowest BCUT2D eigenvalue weighted by Gasteiger charge is -2.02. The highest BCUT2D eigenvalue weighted by molar-refractivity contribution is 6.30. The zero-order valence-corrected chi connectivity index (χ0v) is 11.6. The topological polar surface area (TPSA) is 70.1 Å². The number of aromatic amines is 1. The lowest BCUT2D eigenvalue weighted by Crippen LogP contribution is -1.89. The van der Waals surface area contributed by atoms with Crippen molar-refractivity contribution in [2.75, 3.05) is 5.32 Å². The summed E-state index contributed by atoms with van der Waals surface area (Å²) in [6.07, 6.45) is 0. The van der Waals surface area contributed by atoms with Gasteiger partial charge in [0.05, 0.1) is 5.69 Å². The Morgan fingerprint density at radius 3 is 2.43 bits per heavy atom. The highest BCUT2D eigenvalue weighted by Gasteiger charge is 2.15. The number of aromatic nitrogens is 2. The van der Waals surface area contributed by atoms with Gasteiger partial charge in [0.2, 0.25) is 0 Å². The minimum absolute atomic E-state index is 0.237. The third kappa shape index (κ3) is 2.78. The highest BCUT2D eigenvalue weighted by atomic mass is 35.5. The Balaban J connectivity index is 1.97. The molecular formula is C15H11ClN4O. The number of halogens is 1. The van der Waals surface area contributed by atoms with Crippen LogP contribution < -0.4 is 5.32 Å². The van der Waals surface area contributed by atoms with Gasteiger partial charge in [0.25, 0.3) is 0 Å². The van der Waals surface area contributed by atoms with Crippen molar-refractivity contribution < 1.29 is 0 Å². The number of H-pyrrole nitrogens is 1. The van der Waals surface area contributed by atoms with E-state index < -0.39 is 0 Å². The van der Waals surface area contributed by atoms with Crippen LogP contribution in [0.15, 0.2) is 59.8 Å². The van der Waals surface area contributed by atoms with E-state index in [1.165, 1.54) is 0 Å². The summed E-state index contributed by atoms with van der Waals surface area (Å²) in [7, 11) is 0. The molecule has 0 aliphatic carbocycles. The van der Waals surface area contributed by atoms with Gasteiger partial charge in [0, 0.05) is 16.3 Å². The number of para-hydroxylation sites is 1. The van der Waals surface area contributed by atoms with Crippen LogP contribution in [-0.4, -0.2) is 10.2 Å². The van der Waals surface area contributed by atoms with Gasteiger partial charge < -0.3 is 5.32 Å². The molecule has 3 aromatic rings. The number of hydrogen-bond acceptors (Lipinski definition) is 4.